The molecule has 0 atom stereocenters. The topological polar surface area (TPSA) is 105 Å². The van der Waals surface area contributed by atoms with E-state index in [1.54, 1.807) is 6.92 Å². The van der Waals surface area contributed by atoms with Crippen LogP contribution in [-0.4, -0.2) is 48.6 Å². The lowest BCUT2D eigenvalue weighted by Gasteiger charge is -2.07. The average Bonchev–Trinajstić information content (AvgIpc) is 3.37. The minimum Gasteiger partial charge on any atom is -0.466 e. The molecule has 0 aromatic heterocycles. The fourth-order valence-electron chi connectivity index (χ4n) is 4.06. The Bertz CT molecular complexity index is 906. The number of carbonyl (C=O) groups is 1. The van der Waals surface area contributed by atoms with Crippen molar-refractivity contribution in [3.05, 3.63) is 58.7 Å². The molecule has 0 unspecified atom stereocenters. The van der Waals surface area contributed by atoms with Gasteiger partial charge in [-0.25, -0.2) is 0 Å². The van der Waals surface area contributed by atoms with Gasteiger partial charge in [0.05, 0.1) is 19.8 Å². The zero-order valence-electron chi connectivity index (χ0n) is 18.5. The second-order valence-electron chi connectivity index (χ2n) is 7.79. The van der Waals surface area contributed by atoms with Gasteiger partial charge in [-0.3, -0.25) is 4.79 Å². The Morgan fingerprint density at radius 1 is 0.938 bits per heavy atom. The van der Waals surface area contributed by atoms with E-state index in [1.807, 2.05) is 36.4 Å². The summed E-state index contributed by atoms with van der Waals surface area (Å²) in [6.45, 7) is 3.36. The number of aliphatic hydroxyl groups is 1. The van der Waals surface area contributed by atoms with Gasteiger partial charge in [-0.2, -0.15) is 0 Å². The van der Waals surface area contributed by atoms with E-state index in [9.17, 15) is 14.8 Å². The van der Waals surface area contributed by atoms with E-state index in [-0.39, 0.29) is 12.6 Å². The highest BCUT2D eigenvalue weighted by molar-refractivity contribution is 6.62. The molecule has 0 bridgehead atoms. The first kappa shape index (κ1) is 24.5. The van der Waals surface area contributed by atoms with Crippen LogP contribution in [0.15, 0.2) is 36.4 Å². The van der Waals surface area contributed by atoms with Crippen LogP contribution in [0, 0.1) is 0 Å². The molecule has 0 saturated heterocycles. The fourth-order valence-corrected chi connectivity index (χ4v) is 4.06. The molecular weight excluding hydrogens is 410 g/mol. The van der Waals surface area contributed by atoms with Crippen LogP contribution in [0.4, 0.5) is 0 Å². The van der Waals surface area contributed by atoms with Gasteiger partial charge in [0.2, 0.25) is 0 Å². The van der Waals surface area contributed by atoms with E-state index in [0.717, 1.165) is 52.4 Å². The molecule has 0 radical (unpaired) electrons. The van der Waals surface area contributed by atoms with Crippen LogP contribution in [0.25, 0.3) is 0 Å². The molecule has 2 aromatic rings. The number of hydrogen-bond donors (Lipinski definition) is 3. The summed E-state index contributed by atoms with van der Waals surface area (Å²) in [7, 11) is -1.62. The number of fused-ring (bicyclic) bond motifs is 2. The highest BCUT2D eigenvalue weighted by Crippen LogP contribution is 2.15. The second kappa shape index (κ2) is 12.2. The van der Waals surface area contributed by atoms with Crippen molar-refractivity contribution in [3.63, 3.8) is 0 Å². The quantitative estimate of drug-likeness (QED) is 0.314. The van der Waals surface area contributed by atoms with Crippen LogP contribution in [0.3, 0.4) is 0 Å². The lowest BCUT2D eigenvalue weighted by molar-refractivity contribution is -0.143. The summed E-state index contributed by atoms with van der Waals surface area (Å²) in [6.07, 6.45) is 3.55. The maximum Gasteiger partial charge on any atom is 0.492 e. The number of ether oxygens (including phenoxy) is 1. The largest absolute Gasteiger partial charge is 0.492 e. The van der Waals surface area contributed by atoms with Crippen LogP contribution in [0.5, 0.6) is 0 Å². The molecule has 9 heteroatoms. The number of hydrogen-bond acceptors (Lipinski definition) is 7. The molecule has 32 heavy (non-hydrogen) atoms. The fraction of sp³-hybridized carbons (Fsp3) is 0.435. The number of rotatable bonds is 8. The smallest absolute Gasteiger partial charge is 0.466 e. The van der Waals surface area contributed by atoms with Crippen molar-refractivity contribution in [3.8, 4) is 0 Å². The van der Waals surface area contributed by atoms with Crippen LogP contribution in [-0.2, 0) is 44.9 Å². The second-order valence-corrected chi connectivity index (χ2v) is 7.79. The Kier molecular flexibility index (Phi) is 9.32. The molecule has 0 aliphatic carbocycles. The standard InChI is InChI=1S/C12H15BO4.C11H15BO3/c1-2-16-11(14)7-6-9-4-3-5-10-8-17-13(15)12(9)10;13-7-2-1-4-9-5-3-6-10-8-15-12(14)11(9)10/h3-5,15H,2,6-8H2,1H3;3,5-6,13-14H,1-2,4,7-8H2. The molecule has 170 valence electrons. The molecule has 0 saturated carbocycles. The van der Waals surface area contributed by atoms with Gasteiger partial charge in [0.25, 0.3) is 0 Å². The van der Waals surface area contributed by atoms with Crippen molar-refractivity contribution < 1.29 is 34.0 Å². The minimum atomic E-state index is -0.858. The normalized spacial score (nSPS) is 14.0. The van der Waals surface area contributed by atoms with Gasteiger partial charge in [0.15, 0.2) is 0 Å². The molecule has 0 amide bonds. The van der Waals surface area contributed by atoms with E-state index in [2.05, 4.69) is 0 Å². The summed E-state index contributed by atoms with van der Waals surface area (Å²) in [5.41, 5.74) is 5.95. The van der Waals surface area contributed by atoms with Gasteiger partial charge in [0.1, 0.15) is 0 Å². The van der Waals surface area contributed by atoms with E-state index in [1.165, 1.54) is 0 Å². The number of carbonyl (C=O) groups excluding carboxylic acids is 1. The van der Waals surface area contributed by atoms with Gasteiger partial charge in [0, 0.05) is 13.0 Å². The summed E-state index contributed by atoms with van der Waals surface area (Å²) in [6, 6.07) is 11.8. The van der Waals surface area contributed by atoms with Crippen molar-refractivity contribution in [2.24, 2.45) is 0 Å². The highest BCUT2D eigenvalue weighted by Gasteiger charge is 2.30. The predicted molar refractivity (Wildman–Crippen MR) is 123 cm³/mol. The van der Waals surface area contributed by atoms with E-state index < -0.39 is 14.2 Å². The third-order valence-electron chi connectivity index (χ3n) is 5.62. The Hall–Kier alpha value is -2.16. The summed E-state index contributed by atoms with van der Waals surface area (Å²) < 4.78 is 15.2. The lowest BCUT2D eigenvalue weighted by Crippen LogP contribution is -2.31. The monoisotopic (exact) mass is 440 g/mol. The van der Waals surface area contributed by atoms with Gasteiger partial charge >= 0.3 is 20.2 Å². The zero-order chi connectivity index (χ0) is 22.9. The summed E-state index contributed by atoms with van der Waals surface area (Å²) >= 11 is 0. The van der Waals surface area contributed by atoms with Crippen molar-refractivity contribution in [2.75, 3.05) is 13.2 Å². The lowest BCUT2D eigenvalue weighted by atomic mass is 9.75. The molecular formula is C23H30B2O7. The zero-order valence-corrected chi connectivity index (χ0v) is 18.5. The van der Waals surface area contributed by atoms with Gasteiger partial charge in [-0.15, -0.1) is 0 Å². The Labute approximate surface area is 189 Å². The maximum atomic E-state index is 11.3. The van der Waals surface area contributed by atoms with E-state index in [0.29, 0.717) is 32.7 Å². The molecule has 0 spiro atoms. The summed E-state index contributed by atoms with van der Waals surface area (Å²) in [5, 5.41) is 28.1. The first-order valence-corrected chi connectivity index (χ1v) is 11.1. The molecule has 0 fully saturated rings. The first-order valence-electron chi connectivity index (χ1n) is 11.1. The molecule has 2 aliphatic heterocycles. The molecule has 2 heterocycles. The molecule has 2 aromatic carbocycles. The molecule has 2 aliphatic rings. The van der Waals surface area contributed by atoms with Crippen molar-refractivity contribution in [2.45, 2.75) is 52.2 Å². The summed E-state index contributed by atoms with van der Waals surface area (Å²) in [4.78, 5) is 11.3. The Morgan fingerprint density at radius 3 is 2.03 bits per heavy atom. The van der Waals surface area contributed by atoms with Crippen LogP contribution in [0.1, 0.15) is 48.4 Å². The Morgan fingerprint density at radius 2 is 1.50 bits per heavy atom. The van der Waals surface area contributed by atoms with Crippen LogP contribution in [0.2, 0.25) is 0 Å². The van der Waals surface area contributed by atoms with Gasteiger partial charge in [-0.05, 0) is 65.8 Å². The Balaban J connectivity index is 0.000000182. The minimum absolute atomic E-state index is 0.210. The molecule has 4 rings (SSSR count). The number of unbranched alkanes of at least 4 members (excludes halogenated alkanes) is 1. The molecule has 7 nitrogen and oxygen atoms in total. The third kappa shape index (κ3) is 6.21. The maximum absolute atomic E-state index is 11.3. The number of aryl methyl sites for hydroxylation is 2. The number of esters is 1. The van der Waals surface area contributed by atoms with E-state index in [4.69, 9.17) is 19.2 Å². The predicted octanol–water partition coefficient (Wildman–Crippen LogP) is 0.619. The third-order valence-corrected chi connectivity index (χ3v) is 5.62. The van der Waals surface area contributed by atoms with Gasteiger partial charge < -0.3 is 29.2 Å². The van der Waals surface area contributed by atoms with Gasteiger partial charge in [-0.1, -0.05) is 36.4 Å². The number of aliphatic hydroxyl groups excluding tert-OH is 1. The van der Waals surface area contributed by atoms with Crippen molar-refractivity contribution >= 4 is 31.1 Å². The van der Waals surface area contributed by atoms with Crippen molar-refractivity contribution in [1.82, 2.24) is 0 Å². The van der Waals surface area contributed by atoms with Crippen LogP contribution >= 0.6 is 0 Å². The average molecular weight is 440 g/mol. The first-order chi connectivity index (χ1) is 15.5. The SMILES string of the molecule is CCOC(=O)CCc1cccc2c1B(O)OC2.OCCCCc1cccc2c1B(O)OC2. The highest BCUT2D eigenvalue weighted by atomic mass is 16.5. The van der Waals surface area contributed by atoms with Crippen LogP contribution < -0.4 is 10.9 Å². The number of benzene rings is 2. The van der Waals surface area contributed by atoms with E-state index >= 15 is 0 Å². The van der Waals surface area contributed by atoms with Crippen molar-refractivity contribution in [1.29, 1.82) is 0 Å². The summed E-state index contributed by atoms with van der Waals surface area (Å²) in [5.74, 6) is -0.210. The molecule has 3 N–H and O–H groups in total.